The van der Waals surface area contributed by atoms with Crippen molar-refractivity contribution in [2.24, 2.45) is 0 Å². The normalized spacial score (nSPS) is 11.6. The van der Waals surface area contributed by atoms with E-state index < -0.39 is 10.0 Å². The molecule has 0 atom stereocenters. The Morgan fingerprint density at radius 1 is 1.00 bits per heavy atom. The van der Waals surface area contributed by atoms with Gasteiger partial charge >= 0.3 is 0 Å². The first kappa shape index (κ1) is 21.1. The van der Waals surface area contributed by atoms with Gasteiger partial charge in [0.15, 0.2) is 0 Å². The minimum atomic E-state index is -3.72. The molecule has 1 N–H and O–H groups in total. The zero-order valence-electron chi connectivity index (χ0n) is 16.2. The molecule has 0 aliphatic heterocycles. The van der Waals surface area contributed by atoms with Crippen molar-refractivity contribution >= 4 is 21.6 Å². The zero-order valence-corrected chi connectivity index (χ0v) is 17.1. The minimum Gasteiger partial charge on any atom is -0.325 e. The molecule has 5 nitrogen and oxygen atoms in total. The van der Waals surface area contributed by atoms with Crippen LogP contribution in [0.4, 0.5) is 5.69 Å². The highest BCUT2D eigenvalue weighted by Gasteiger charge is 2.26. The summed E-state index contributed by atoms with van der Waals surface area (Å²) >= 11 is 0. The molecule has 2 aromatic rings. The molecule has 0 fully saturated rings. The van der Waals surface area contributed by atoms with Crippen molar-refractivity contribution in [3.8, 4) is 0 Å². The van der Waals surface area contributed by atoms with Gasteiger partial charge in [0.1, 0.15) is 0 Å². The minimum absolute atomic E-state index is 0.207. The van der Waals surface area contributed by atoms with Crippen molar-refractivity contribution in [3.05, 3.63) is 59.7 Å². The van der Waals surface area contributed by atoms with E-state index in [-0.39, 0.29) is 17.3 Å². The molecule has 0 spiro atoms. The summed E-state index contributed by atoms with van der Waals surface area (Å²) in [7, 11) is -3.72. The number of hydrogen-bond acceptors (Lipinski definition) is 3. The third-order valence-electron chi connectivity index (χ3n) is 4.31. The lowest BCUT2D eigenvalue weighted by molar-refractivity contribution is -0.116. The maximum Gasteiger partial charge on any atom is 0.243 e. The van der Waals surface area contributed by atoms with Gasteiger partial charge in [0.25, 0.3) is 0 Å². The molecule has 0 heterocycles. The summed E-state index contributed by atoms with van der Waals surface area (Å²) in [5.74, 6) is -0.344. The molecule has 0 saturated heterocycles. The van der Waals surface area contributed by atoms with Gasteiger partial charge in [-0.25, -0.2) is 8.42 Å². The van der Waals surface area contributed by atoms with Crippen molar-refractivity contribution < 1.29 is 13.2 Å². The van der Waals surface area contributed by atoms with Crippen LogP contribution in [-0.2, 0) is 21.2 Å². The molecule has 0 bridgehead atoms. The number of amides is 1. The van der Waals surface area contributed by atoms with Crippen LogP contribution in [0.5, 0.6) is 0 Å². The Kier molecular flexibility index (Phi) is 7.56. The molecule has 0 aliphatic rings. The molecule has 0 aromatic heterocycles. The second kappa shape index (κ2) is 9.67. The standard InChI is InChI=1S/C21H28N2O3S/c1-4-8-18-11-13-19(14-12-18)27(25,26)23(15-5-2)16-21(24)22-20-10-7-6-9-17(20)3/h6-7,9-14H,4-5,8,15-16H2,1-3H3,(H,22,24). The van der Waals surface area contributed by atoms with Gasteiger partial charge in [-0.1, -0.05) is 50.6 Å². The Balaban J connectivity index is 2.17. The molecule has 2 aromatic carbocycles. The lowest BCUT2D eigenvalue weighted by Gasteiger charge is -2.21. The van der Waals surface area contributed by atoms with Gasteiger partial charge in [0.2, 0.25) is 15.9 Å². The molecule has 2 rings (SSSR count). The van der Waals surface area contributed by atoms with Crippen LogP contribution in [0.3, 0.4) is 0 Å². The average Bonchev–Trinajstić information content (AvgIpc) is 2.64. The van der Waals surface area contributed by atoms with Gasteiger partial charge in [-0.3, -0.25) is 4.79 Å². The van der Waals surface area contributed by atoms with E-state index in [0.717, 1.165) is 24.0 Å². The fourth-order valence-corrected chi connectivity index (χ4v) is 4.35. The molecule has 0 radical (unpaired) electrons. The van der Waals surface area contributed by atoms with Crippen LogP contribution >= 0.6 is 0 Å². The monoisotopic (exact) mass is 388 g/mol. The fourth-order valence-electron chi connectivity index (χ4n) is 2.86. The summed E-state index contributed by atoms with van der Waals surface area (Å²) in [4.78, 5) is 12.7. The molecule has 146 valence electrons. The van der Waals surface area contributed by atoms with Gasteiger partial charge in [-0.05, 0) is 49.1 Å². The van der Waals surface area contributed by atoms with E-state index >= 15 is 0 Å². The molecule has 27 heavy (non-hydrogen) atoms. The molecule has 6 heteroatoms. The van der Waals surface area contributed by atoms with Crippen molar-refractivity contribution in [2.75, 3.05) is 18.4 Å². The van der Waals surface area contributed by atoms with E-state index in [2.05, 4.69) is 12.2 Å². The highest BCUT2D eigenvalue weighted by Crippen LogP contribution is 2.18. The van der Waals surface area contributed by atoms with E-state index in [1.165, 1.54) is 4.31 Å². The topological polar surface area (TPSA) is 66.5 Å². The number of nitrogens with zero attached hydrogens (tertiary/aromatic N) is 1. The van der Waals surface area contributed by atoms with Gasteiger partial charge in [0, 0.05) is 12.2 Å². The number of aryl methyl sites for hydroxylation is 2. The molecule has 0 aliphatic carbocycles. The summed E-state index contributed by atoms with van der Waals surface area (Å²) in [5, 5.41) is 2.80. The van der Waals surface area contributed by atoms with Crippen LogP contribution in [0.15, 0.2) is 53.4 Å². The van der Waals surface area contributed by atoms with Crippen LogP contribution in [0.2, 0.25) is 0 Å². The first-order chi connectivity index (χ1) is 12.9. The number of carbonyl (C=O) groups excluding carboxylic acids is 1. The predicted octanol–water partition coefficient (Wildman–Crippen LogP) is 3.99. The average molecular weight is 389 g/mol. The first-order valence-electron chi connectivity index (χ1n) is 9.33. The predicted molar refractivity (Wildman–Crippen MR) is 109 cm³/mol. The third-order valence-corrected chi connectivity index (χ3v) is 6.17. The lowest BCUT2D eigenvalue weighted by Crippen LogP contribution is -2.38. The molecule has 0 unspecified atom stereocenters. The summed E-state index contributed by atoms with van der Waals surface area (Å²) in [6.07, 6.45) is 2.55. The Morgan fingerprint density at radius 2 is 1.67 bits per heavy atom. The van der Waals surface area contributed by atoms with Crippen LogP contribution in [0, 0.1) is 6.92 Å². The van der Waals surface area contributed by atoms with Crippen molar-refractivity contribution in [3.63, 3.8) is 0 Å². The highest BCUT2D eigenvalue weighted by atomic mass is 32.2. The maximum atomic E-state index is 13.0. The van der Waals surface area contributed by atoms with Crippen LogP contribution in [-0.4, -0.2) is 31.7 Å². The number of carbonyl (C=O) groups is 1. The van der Waals surface area contributed by atoms with E-state index in [9.17, 15) is 13.2 Å². The van der Waals surface area contributed by atoms with Crippen molar-refractivity contribution in [2.45, 2.75) is 44.9 Å². The van der Waals surface area contributed by atoms with Crippen molar-refractivity contribution in [1.82, 2.24) is 4.31 Å². The van der Waals surface area contributed by atoms with Crippen molar-refractivity contribution in [1.29, 1.82) is 0 Å². The van der Waals surface area contributed by atoms with E-state index in [1.807, 2.05) is 44.2 Å². The fraction of sp³-hybridized carbons (Fsp3) is 0.381. The third kappa shape index (κ3) is 5.65. The smallest absolute Gasteiger partial charge is 0.243 e. The number of sulfonamides is 1. The lowest BCUT2D eigenvalue weighted by atomic mass is 10.1. The second-order valence-corrected chi connectivity index (χ2v) is 8.53. The second-order valence-electron chi connectivity index (χ2n) is 6.60. The van der Waals surface area contributed by atoms with Gasteiger partial charge in [-0.15, -0.1) is 0 Å². The molecule has 1 amide bonds. The summed E-state index contributed by atoms with van der Waals surface area (Å²) in [5.41, 5.74) is 2.73. The molecule has 0 saturated carbocycles. The largest absolute Gasteiger partial charge is 0.325 e. The SMILES string of the molecule is CCCc1ccc(S(=O)(=O)N(CCC)CC(=O)Nc2ccccc2C)cc1. The summed E-state index contributed by atoms with van der Waals surface area (Å²) in [6.45, 7) is 5.96. The van der Waals surface area contributed by atoms with Gasteiger partial charge in [0.05, 0.1) is 11.4 Å². The van der Waals surface area contributed by atoms with E-state index in [4.69, 9.17) is 0 Å². The molecular formula is C21H28N2O3S. The number of para-hydroxylation sites is 1. The Morgan fingerprint density at radius 3 is 2.26 bits per heavy atom. The highest BCUT2D eigenvalue weighted by molar-refractivity contribution is 7.89. The zero-order chi connectivity index (χ0) is 19.9. The number of rotatable bonds is 9. The summed E-state index contributed by atoms with van der Waals surface area (Å²) < 4.78 is 27.2. The van der Waals surface area contributed by atoms with Crippen LogP contribution in [0.1, 0.15) is 37.8 Å². The van der Waals surface area contributed by atoms with E-state index in [0.29, 0.717) is 18.7 Å². The molecular weight excluding hydrogens is 360 g/mol. The number of hydrogen-bond donors (Lipinski definition) is 1. The Labute approximate surface area is 162 Å². The van der Waals surface area contributed by atoms with E-state index in [1.54, 1.807) is 18.2 Å². The van der Waals surface area contributed by atoms with Crippen LogP contribution < -0.4 is 5.32 Å². The Bertz CT molecular complexity index is 861. The number of benzene rings is 2. The van der Waals surface area contributed by atoms with Gasteiger partial charge < -0.3 is 5.32 Å². The number of anilines is 1. The van der Waals surface area contributed by atoms with Gasteiger partial charge in [-0.2, -0.15) is 4.31 Å². The Hall–Kier alpha value is -2.18. The quantitative estimate of drug-likeness (QED) is 0.706. The maximum absolute atomic E-state index is 13.0. The van der Waals surface area contributed by atoms with Crippen LogP contribution in [0.25, 0.3) is 0 Å². The number of nitrogens with one attached hydrogen (secondary N) is 1. The first-order valence-corrected chi connectivity index (χ1v) is 10.8. The summed E-state index contributed by atoms with van der Waals surface area (Å²) in [6, 6.07) is 14.4.